The first-order valence-electron chi connectivity index (χ1n) is 7.83. The number of rotatable bonds is 6. The van der Waals surface area contributed by atoms with Crippen LogP contribution in [0.3, 0.4) is 0 Å². The number of hydrogen-bond donors (Lipinski definition) is 2. The zero-order valence-corrected chi connectivity index (χ0v) is 13.5. The normalized spacial score (nSPS) is 10.8. The van der Waals surface area contributed by atoms with Crippen molar-refractivity contribution >= 4 is 22.5 Å². The molecule has 5 heteroatoms. The molecule has 3 aromatic rings. The molecule has 0 unspecified atom stereocenters. The number of benzene rings is 2. The lowest BCUT2D eigenvalue weighted by Gasteiger charge is -2.10. The number of fused-ring (bicyclic) bond motifs is 1. The zero-order chi connectivity index (χ0) is 16.9. The smallest absolute Gasteiger partial charge is 0.226 e. The highest BCUT2D eigenvalue weighted by atomic mass is 16.5. The molecule has 0 aliphatic carbocycles. The third-order valence-corrected chi connectivity index (χ3v) is 3.99. The summed E-state index contributed by atoms with van der Waals surface area (Å²) in [5.41, 5.74) is 2.42. The van der Waals surface area contributed by atoms with Gasteiger partial charge in [0.15, 0.2) is 0 Å². The molecule has 3 rings (SSSR count). The molecule has 0 aliphatic heterocycles. The first-order valence-corrected chi connectivity index (χ1v) is 7.83. The molecular formula is C19H20N2O3. The Bertz CT molecular complexity index is 855. The average molecular weight is 324 g/mol. The summed E-state index contributed by atoms with van der Waals surface area (Å²) in [7, 11) is 1.55. The van der Waals surface area contributed by atoms with Gasteiger partial charge in [-0.2, -0.15) is 0 Å². The molecular weight excluding hydrogens is 304 g/mol. The Labute approximate surface area is 140 Å². The summed E-state index contributed by atoms with van der Waals surface area (Å²) in [5, 5.41) is 13.4. The minimum Gasteiger partial charge on any atom is -0.496 e. The number of anilines is 1. The van der Waals surface area contributed by atoms with Crippen LogP contribution in [0.5, 0.6) is 5.75 Å². The standard InChI is InChI=1S/C19H20N2O3/c1-24-18-7-6-16(12-15(18)13-22)20-19(23)9-11-21-10-8-14-4-2-3-5-17(14)21/h2-8,10,12,22H,9,11,13H2,1H3,(H,20,23). The van der Waals surface area contributed by atoms with Gasteiger partial charge in [-0.25, -0.2) is 0 Å². The summed E-state index contributed by atoms with van der Waals surface area (Å²) in [6.45, 7) is 0.477. The summed E-state index contributed by atoms with van der Waals surface area (Å²) in [4.78, 5) is 12.2. The van der Waals surface area contributed by atoms with Crippen LogP contribution in [-0.4, -0.2) is 22.7 Å². The largest absolute Gasteiger partial charge is 0.496 e. The molecule has 5 nitrogen and oxygen atoms in total. The molecule has 2 aromatic carbocycles. The fraction of sp³-hybridized carbons (Fsp3) is 0.211. The van der Waals surface area contributed by atoms with Gasteiger partial charge in [-0.05, 0) is 35.7 Å². The average Bonchev–Trinajstić information content (AvgIpc) is 3.03. The first-order chi connectivity index (χ1) is 11.7. The fourth-order valence-electron chi connectivity index (χ4n) is 2.76. The second-order valence-electron chi connectivity index (χ2n) is 5.55. The predicted molar refractivity (Wildman–Crippen MR) is 94.1 cm³/mol. The van der Waals surface area contributed by atoms with Gasteiger partial charge in [0.25, 0.3) is 0 Å². The second-order valence-corrected chi connectivity index (χ2v) is 5.55. The molecule has 0 aliphatic rings. The van der Waals surface area contributed by atoms with Crippen LogP contribution in [0.1, 0.15) is 12.0 Å². The summed E-state index contributed by atoms with van der Waals surface area (Å²) < 4.78 is 7.23. The van der Waals surface area contributed by atoms with E-state index in [0.29, 0.717) is 30.0 Å². The van der Waals surface area contributed by atoms with Gasteiger partial charge < -0.3 is 19.7 Å². The van der Waals surface area contributed by atoms with Crippen LogP contribution < -0.4 is 10.1 Å². The van der Waals surface area contributed by atoms with Crippen molar-refractivity contribution in [3.63, 3.8) is 0 Å². The lowest BCUT2D eigenvalue weighted by atomic mass is 10.2. The van der Waals surface area contributed by atoms with Gasteiger partial charge in [-0.1, -0.05) is 18.2 Å². The van der Waals surface area contributed by atoms with Crippen molar-refractivity contribution in [3.05, 3.63) is 60.3 Å². The number of methoxy groups -OCH3 is 1. The molecule has 1 heterocycles. The molecule has 0 radical (unpaired) electrons. The van der Waals surface area contributed by atoms with Crippen LogP contribution in [0, 0.1) is 0 Å². The van der Waals surface area contributed by atoms with Gasteiger partial charge in [0, 0.05) is 35.9 Å². The van der Waals surface area contributed by atoms with E-state index in [0.717, 1.165) is 5.52 Å². The number of aryl methyl sites for hydroxylation is 1. The van der Waals surface area contributed by atoms with E-state index < -0.39 is 0 Å². The monoisotopic (exact) mass is 324 g/mol. The molecule has 1 aromatic heterocycles. The SMILES string of the molecule is COc1ccc(NC(=O)CCn2ccc3ccccc32)cc1CO. The van der Waals surface area contributed by atoms with E-state index in [1.54, 1.807) is 25.3 Å². The number of nitrogens with zero attached hydrogens (tertiary/aromatic N) is 1. The van der Waals surface area contributed by atoms with Crippen LogP contribution in [0.25, 0.3) is 10.9 Å². The summed E-state index contributed by atoms with van der Waals surface area (Å²) in [6.07, 6.45) is 2.37. The van der Waals surface area contributed by atoms with Crippen LogP contribution in [0.2, 0.25) is 0 Å². The van der Waals surface area contributed by atoms with Crippen molar-refractivity contribution in [2.75, 3.05) is 12.4 Å². The molecule has 2 N–H and O–H groups in total. The predicted octanol–water partition coefficient (Wildman–Crippen LogP) is 3.17. The van der Waals surface area contributed by atoms with Crippen molar-refractivity contribution in [1.29, 1.82) is 0 Å². The van der Waals surface area contributed by atoms with E-state index in [2.05, 4.69) is 16.0 Å². The number of carbonyl (C=O) groups excluding carboxylic acids is 1. The number of carbonyl (C=O) groups is 1. The van der Waals surface area contributed by atoms with Gasteiger partial charge in [0.2, 0.25) is 5.91 Å². The number of aliphatic hydroxyl groups excluding tert-OH is 1. The maximum Gasteiger partial charge on any atom is 0.226 e. The van der Waals surface area contributed by atoms with Crippen LogP contribution in [0.15, 0.2) is 54.7 Å². The first kappa shape index (κ1) is 16.1. The van der Waals surface area contributed by atoms with Crippen LogP contribution in [0.4, 0.5) is 5.69 Å². The Morgan fingerprint density at radius 1 is 1.21 bits per heavy atom. The Morgan fingerprint density at radius 2 is 2.04 bits per heavy atom. The van der Waals surface area contributed by atoms with Gasteiger partial charge in [-0.15, -0.1) is 0 Å². The van der Waals surface area contributed by atoms with E-state index in [4.69, 9.17) is 4.74 Å². The Kier molecular flexibility index (Phi) is 4.82. The highest BCUT2D eigenvalue weighted by molar-refractivity contribution is 5.91. The maximum atomic E-state index is 12.2. The lowest BCUT2D eigenvalue weighted by molar-refractivity contribution is -0.116. The number of hydrogen-bond acceptors (Lipinski definition) is 3. The summed E-state index contributed by atoms with van der Waals surface area (Å²) in [5.74, 6) is 0.538. The molecule has 0 saturated carbocycles. The second kappa shape index (κ2) is 7.19. The van der Waals surface area contributed by atoms with Crippen molar-refractivity contribution in [2.24, 2.45) is 0 Å². The number of aromatic nitrogens is 1. The number of aliphatic hydroxyl groups is 1. The van der Waals surface area contributed by atoms with E-state index >= 15 is 0 Å². The molecule has 0 spiro atoms. The van der Waals surface area contributed by atoms with Gasteiger partial charge >= 0.3 is 0 Å². The van der Waals surface area contributed by atoms with Crippen LogP contribution in [-0.2, 0) is 17.9 Å². The Hall–Kier alpha value is -2.79. The fourth-order valence-corrected chi connectivity index (χ4v) is 2.76. The van der Waals surface area contributed by atoms with Crippen molar-refractivity contribution in [3.8, 4) is 5.75 Å². The molecule has 0 atom stereocenters. The minimum atomic E-state index is -0.137. The quantitative estimate of drug-likeness (QED) is 0.732. The third-order valence-electron chi connectivity index (χ3n) is 3.99. The maximum absolute atomic E-state index is 12.2. The molecule has 0 saturated heterocycles. The van der Waals surface area contributed by atoms with Crippen LogP contribution >= 0.6 is 0 Å². The summed E-state index contributed by atoms with van der Waals surface area (Å²) >= 11 is 0. The van der Waals surface area contributed by atoms with E-state index in [-0.39, 0.29) is 12.5 Å². The van der Waals surface area contributed by atoms with Crippen molar-refractivity contribution < 1.29 is 14.6 Å². The number of ether oxygens (including phenoxy) is 1. The summed E-state index contributed by atoms with van der Waals surface area (Å²) in [6, 6.07) is 15.4. The Morgan fingerprint density at radius 3 is 2.83 bits per heavy atom. The van der Waals surface area contributed by atoms with Crippen molar-refractivity contribution in [2.45, 2.75) is 19.6 Å². The van der Waals surface area contributed by atoms with E-state index in [9.17, 15) is 9.90 Å². The third kappa shape index (κ3) is 3.41. The molecule has 24 heavy (non-hydrogen) atoms. The number of nitrogens with one attached hydrogen (secondary N) is 1. The molecule has 1 amide bonds. The molecule has 0 bridgehead atoms. The van der Waals surface area contributed by atoms with Gasteiger partial charge in [-0.3, -0.25) is 4.79 Å². The van der Waals surface area contributed by atoms with Gasteiger partial charge in [0.1, 0.15) is 5.75 Å². The number of para-hydroxylation sites is 1. The topological polar surface area (TPSA) is 63.5 Å². The van der Waals surface area contributed by atoms with E-state index in [1.165, 1.54) is 5.39 Å². The van der Waals surface area contributed by atoms with Crippen molar-refractivity contribution in [1.82, 2.24) is 4.57 Å². The zero-order valence-electron chi connectivity index (χ0n) is 13.5. The lowest BCUT2D eigenvalue weighted by Crippen LogP contribution is -2.14. The Balaban J connectivity index is 1.63. The highest BCUT2D eigenvalue weighted by Gasteiger charge is 2.08. The molecule has 124 valence electrons. The number of amides is 1. The van der Waals surface area contributed by atoms with Gasteiger partial charge in [0.05, 0.1) is 13.7 Å². The highest BCUT2D eigenvalue weighted by Crippen LogP contribution is 2.22. The van der Waals surface area contributed by atoms with E-state index in [1.807, 2.05) is 30.5 Å². The minimum absolute atomic E-state index is 0.0677. The molecule has 0 fully saturated rings.